The van der Waals surface area contributed by atoms with Crippen LogP contribution in [0.2, 0.25) is 0 Å². The summed E-state index contributed by atoms with van der Waals surface area (Å²) < 4.78 is 53.6. The van der Waals surface area contributed by atoms with Crippen LogP contribution < -0.4 is 4.74 Å². The highest BCUT2D eigenvalue weighted by molar-refractivity contribution is 9.10. The fraction of sp³-hybridized carbons (Fsp3) is 0.143. The summed E-state index contributed by atoms with van der Waals surface area (Å²) in [6, 6.07) is 20.9. The van der Waals surface area contributed by atoms with E-state index in [1.54, 1.807) is 0 Å². The van der Waals surface area contributed by atoms with E-state index in [1.165, 1.54) is 12.1 Å². The lowest BCUT2D eigenvalue weighted by molar-refractivity contribution is -0.186. The molecular formula is C21H18BrF2O5P. The third-order valence-electron chi connectivity index (χ3n) is 3.98. The van der Waals surface area contributed by atoms with Crippen molar-refractivity contribution < 1.29 is 32.2 Å². The second-order valence-electron chi connectivity index (χ2n) is 6.25. The topological polar surface area (TPSA) is 65.0 Å². The Morgan fingerprint density at radius 2 is 1.57 bits per heavy atom. The Bertz CT molecular complexity index is 1020. The average molecular weight is 499 g/mol. The summed E-state index contributed by atoms with van der Waals surface area (Å²) >= 11 is 3.05. The molecule has 3 aromatic carbocycles. The molecule has 30 heavy (non-hydrogen) atoms. The van der Waals surface area contributed by atoms with Crippen molar-refractivity contribution in [3.63, 3.8) is 0 Å². The number of benzene rings is 3. The van der Waals surface area contributed by atoms with Gasteiger partial charge in [0.1, 0.15) is 11.5 Å². The van der Waals surface area contributed by atoms with Gasteiger partial charge in [0.25, 0.3) is 0 Å². The quantitative estimate of drug-likeness (QED) is 0.345. The molecule has 0 aliphatic rings. The van der Waals surface area contributed by atoms with Gasteiger partial charge in [-0.1, -0.05) is 52.3 Å². The van der Waals surface area contributed by atoms with Crippen LogP contribution in [-0.2, 0) is 33.1 Å². The second-order valence-corrected chi connectivity index (χ2v) is 7.84. The maximum atomic E-state index is 13.8. The van der Waals surface area contributed by atoms with E-state index in [2.05, 4.69) is 20.5 Å². The molecule has 0 spiro atoms. The monoisotopic (exact) mass is 498 g/mol. The van der Waals surface area contributed by atoms with Crippen LogP contribution in [0.3, 0.4) is 0 Å². The first kappa shape index (κ1) is 22.6. The molecule has 0 aliphatic heterocycles. The van der Waals surface area contributed by atoms with Crippen molar-refractivity contribution in [2.45, 2.75) is 19.3 Å². The molecule has 1 atom stereocenters. The molecule has 0 saturated heterocycles. The van der Waals surface area contributed by atoms with Gasteiger partial charge in [-0.05, 0) is 47.5 Å². The fourth-order valence-electron chi connectivity index (χ4n) is 2.66. The zero-order valence-corrected chi connectivity index (χ0v) is 18.1. The zero-order valence-electron chi connectivity index (χ0n) is 15.6. The molecule has 0 radical (unpaired) electrons. The average Bonchev–Trinajstić information content (AvgIpc) is 2.68. The predicted octanol–water partition coefficient (Wildman–Crippen LogP) is 6.41. The van der Waals surface area contributed by atoms with E-state index < -0.39 is 19.9 Å². The Balaban J connectivity index is 1.58. The van der Waals surface area contributed by atoms with Crippen molar-refractivity contribution in [3.8, 4) is 11.5 Å². The maximum absolute atomic E-state index is 13.8. The summed E-state index contributed by atoms with van der Waals surface area (Å²) in [7, 11) is -3.79. The number of hydrogen-bond acceptors (Lipinski definition) is 4. The van der Waals surface area contributed by atoms with Gasteiger partial charge in [-0.2, -0.15) is 8.78 Å². The van der Waals surface area contributed by atoms with E-state index in [0.717, 1.165) is 17.4 Å². The lowest BCUT2D eigenvalue weighted by Crippen LogP contribution is -2.15. The molecule has 3 rings (SSSR count). The first-order valence-electron chi connectivity index (χ1n) is 8.82. The van der Waals surface area contributed by atoms with Crippen LogP contribution in [-0.4, -0.2) is 4.89 Å². The number of rotatable bonds is 9. The van der Waals surface area contributed by atoms with Crippen molar-refractivity contribution in [1.29, 1.82) is 0 Å². The predicted molar refractivity (Wildman–Crippen MR) is 112 cm³/mol. The van der Waals surface area contributed by atoms with E-state index in [0.29, 0.717) is 17.9 Å². The van der Waals surface area contributed by atoms with Crippen LogP contribution >= 0.6 is 24.2 Å². The van der Waals surface area contributed by atoms with Gasteiger partial charge in [0, 0.05) is 4.47 Å². The summed E-state index contributed by atoms with van der Waals surface area (Å²) in [4.78, 5) is 8.62. The standard InChI is InChI=1S/C21H18BrF2O5P/c22-20-12-16(9-10-19(20)21(23,24)29-30(25)26)14-27-13-15-5-4-8-18(11-15)28-17-6-2-1-3-7-17/h1-12,30H,13-14H2,(H,25,26). The SMILES string of the molecule is O=[PH](O)OC(F)(F)c1ccc(COCc2cccc(Oc3ccccc3)c2)cc1Br. The van der Waals surface area contributed by atoms with Crippen molar-refractivity contribution >= 4 is 24.2 Å². The van der Waals surface area contributed by atoms with Gasteiger partial charge in [0.2, 0.25) is 0 Å². The Kier molecular flexibility index (Phi) is 7.75. The molecule has 1 N–H and O–H groups in total. The van der Waals surface area contributed by atoms with E-state index in [9.17, 15) is 13.3 Å². The van der Waals surface area contributed by atoms with E-state index >= 15 is 0 Å². The normalized spacial score (nSPS) is 12.5. The zero-order chi connectivity index (χ0) is 21.6. The van der Waals surface area contributed by atoms with Gasteiger partial charge in [-0.3, -0.25) is 4.57 Å². The van der Waals surface area contributed by atoms with Crippen molar-refractivity contribution in [3.05, 3.63) is 94.0 Å². The smallest absolute Gasteiger partial charge is 0.390 e. The number of para-hydroxylation sites is 1. The molecule has 0 heterocycles. The minimum absolute atomic E-state index is 0.0510. The number of halogens is 3. The number of ether oxygens (including phenoxy) is 2. The number of hydrogen-bond donors (Lipinski definition) is 1. The largest absolute Gasteiger partial charge is 0.457 e. The third kappa shape index (κ3) is 6.45. The summed E-state index contributed by atoms with van der Waals surface area (Å²) in [6.07, 6.45) is -3.87. The minimum Gasteiger partial charge on any atom is -0.457 e. The van der Waals surface area contributed by atoms with Gasteiger partial charge in [-0.25, -0.2) is 4.52 Å². The molecule has 9 heteroatoms. The molecule has 5 nitrogen and oxygen atoms in total. The maximum Gasteiger partial charge on any atom is 0.390 e. The molecule has 0 saturated carbocycles. The highest BCUT2D eigenvalue weighted by Crippen LogP contribution is 2.41. The third-order valence-corrected chi connectivity index (χ3v) is 5.06. The Morgan fingerprint density at radius 3 is 2.23 bits per heavy atom. The molecule has 0 fully saturated rings. The van der Waals surface area contributed by atoms with Crippen LogP contribution in [0, 0.1) is 0 Å². The lowest BCUT2D eigenvalue weighted by Gasteiger charge is -2.17. The van der Waals surface area contributed by atoms with Gasteiger partial charge >= 0.3 is 14.4 Å². The molecule has 0 amide bonds. The van der Waals surface area contributed by atoms with Crippen molar-refractivity contribution in [2.75, 3.05) is 0 Å². The molecule has 158 valence electrons. The Hall–Kier alpha value is -2.09. The van der Waals surface area contributed by atoms with Crippen LogP contribution in [0.4, 0.5) is 8.78 Å². The summed E-state index contributed by atoms with van der Waals surface area (Å²) in [5.74, 6) is 1.41. The van der Waals surface area contributed by atoms with Crippen molar-refractivity contribution in [1.82, 2.24) is 0 Å². The van der Waals surface area contributed by atoms with Gasteiger partial charge in [0.15, 0.2) is 0 Å². The summed E-state index contributed by atoms with van der Waals surface area (Å²) in [5, 5.41) is 0. The van der Waals surface area contributed by atoms with E-state index in [1.807, 2.05) is 54.6 Å². The highest BCUT2D eigenvalue weighted by atomic mass is 79.9. The molecular weight excluding hydrogens is 481 g/mol. The Morgan fingerprint density at radius 1 is 0.900 bits per heavy atom. The van der Waals surface area contributed by atoms with Gasteiger partial charge in [-0.15, -0.1) is 0 Å². The molecule has 0 aliphatic carbocycles. The summed E-state index contributed by atoms with van der Waals surface area (Å²) in [6.45, 7) is 0.489. The van der Waals surface area contributed by atoms with Gasteiger partial charge < -0.3 is 14.4 Å². The van der Waals surface area contributed by atoms with Crippen LogP contribution in [0.15, 0.2) is 77.3 Å². The van der Waals surface area contributed by atoms with Crippen LogP contribution in [0.1, 0.15) is 16.7 Å². The van der Waals surface area contributed by atoms with E-state index in [-0.39, 0.29) is 11.1 Å². The first-order valence-corrected chi connectivity index (χ1v) is 10.9. The lowest BCUT2D eigenvalue weighted by atomic mass is 10.1. The van der Waals surface area contributed by atoms with Crippen LogP contribution in [0.5, 0.6) is 11.5 Å². The van der Waals surface area contributed by atoms with Crippen LogP contribution in [0.25, 0.3) is 0 Å². The van der Waals surface area contributed by atoms with Crippen molar-refractivity contribution in [2.24, 2.45) is 0 Å². The molecule has 0 bridgehead atoms. The van der Waals surface area contributed by atoms with Gasteiger partial charge in [0.05, 0.1) is 18.8 Å². The fourth-order valence-corrected chi connectivity index (χ4v) is 3.65. The minimum atomic E-state index is -3.87. The molecule has 1 unspecified atom stereocenters. The molecule has 0 aromatic heterocycles. The number of alkyl halides is 2. The Labute approximate surface area is 181 Å². The highest BCUT2D eigenvalue weighted by Gasteiger charge is 2.37. The van der Waals surface area contributed by atoms with E-state index in [4.69, 9.17) is 14.4 Å². The second kappa shape index (κ2) is 10.3. The first-order chi connectivity index (χ1) is 14.3. The summed E-state index contributed by atoms with van der Waals surface area (Å²) in [5.41, 5.74) is 1.01. The molecule has 3 aromatic rings.